The maximum atomic E-state index is 11.8. The van der Waals surface area contributed by atoms with Crippen molar-refractivity contribution in [2.75, 3.05) is 11.9 Å². The topological polar surface area (TPSA) is 41.1 Å². The number of halogens is 3. The molecule has 0 aromatic heterocycles. The van der Waals surface area contributed by atoms with E-state index < -0.39 is 0 Å². The second kappa shape index (κ2) is 8.28. The van der Waals surface area contributed by atoms with E-state index in [1.54, 1.807) is 30.3 Å². The van der Waals surface area contributed by atoms with Crippen LogP contribution in [-0.4, -0.2) is 12.5 Å². The Bertz CT molecular complexity index is 624. The quantitative estimate of drug-likeness (QED) is 0.782. The standard InChI is InChI=1S/C16H15Cl3N2O/c17-12-6-4-11(5-7-12)10-21-15(22)8-9-20-16-13(18)2-1-3-14(16)19/h1-7,20H,8-10H2,(H,21,22). The highest BCUT2D eigenvalue weighted by atomic mass is 35.5. The van der Waals surface area contributed by atoms with Gasteiger partial charge in [-0.25, -0.2) is 0 Å². The van der Waals surface area contributed by atoms with Gasteiger partial charge in [0.25, 0.3) is 0 Å². The number of hydrogen-bond donors (Lipinski definition) is 2. The Hall–Kier alpha value is -1.42. The number of nitrogens with one attached hydrogen (secondary N) is 2. The van der Waals surface area contributed by atoms with Crippen molar-refractivity contribution in [1.82, 2.24) is 5.32 Å². The molecule has 0 aliphatic rings. The first-order chi connectivity index (χ1) is 10.6. The Kier molecular flexibility index (Phi) is 6.37. The third kappa shape index (κ3) is 5.09. The predicted octanol–water partition coefficient (Wildman–Crippen LogP) is 4.77. The van der Waals surface area contributed by atoms with Crippen LogP contribution in [0.15, 0.2) is 42.5 Å². The van der Waals surface area contributed by atoms with E-state index in [0.29, 0.717) is 40.3 Å². The molecule has 0 spiro atoms. The van der Waals surface area contributed by atoms with Crippen LogP contribution in [0.5, 0.6) is 0 Å². The predicted molar refractivity (Wildman–Crippen MR) is 92.9 cm³/mol. The molecule has 2 rings (SSSR count). The fraction of sp³-hybridized carbons (Fsp3) is 0.188. The lowest BCUT2D eigenvalue weighted by molar-refractivity contribution is -0.121. The smallest absolute Gasteiger partial charge is 0.222 e. The number of hydrogen-bond acceptors (Lipinski definition) is 2. The average molecular weight is 358 g/mol. The van der Waals surface area contributed by atoms with Crippen LogP contribution < -0.4 is 10.6 Å². The van der Waals surface area contributed by atoms with E-state index in [1.165, 1.54) is 0 Å². The van der Waals surface area contributed by atoms with Crippen LogP contribution in [0, 0.1) is 0 Å². The molecular formula is C16H15Cl3N2O. The minimum absolute atomic E-state index is 0.0503. The molecule has 0 saturated carbocycles. The molecule has 0 atom stereocenters. The molecule has 2 aromatic carbocycles. The SMILES string of the molecule is O=C(CCNc1c(Cl)cccc1Cl)NCc1ccc(Cl)cc1. The molecule has 0 bridgehead atoms. The van der Waals surface area contributed by atoms with Crippen LogP contribution in [0.4, 0.5) is 5.69 Å². The first-order valence-corrected chi connectivity index (χ1v) is 7.88. The number of benzene rings is 2. The number of anilines is 1. The van der Waals surface area contributed by atoms with Gasteiger partial charge in [0, 0.05) is 24.5 Å². The molecule has 0 unspecified atom stereocenters. The lowest BCUT2D eigenvalue weighted by atomic mass is 10.2. The number of rotatable bonds is 6. The lowest BCUT2D eigenvalue weighted by Crippen LogP contribution is -2.24. The van der Waals surface area contributed by atoms with Crippen molar-refractivity contribution in [2.45, 2.75) is 13.0 Å². The summed E-state index contributed by atoms with van der Waals surface area (Å²) in [6.45, 7) is 0.929. The van der Waals surface area contributed by atoms with Gasteiger partial charge in [0.15, 0.2) is 0 Å². The second-order valence-electron chi connectivity index (χ2n) is 4.68. The number of carbonyl (C=O) groups is 1. The fourth-order valence-electron chi connectivity index (χ4n) is 1.86. The van der Waals surface area contributed by atoms with Gasteiger partial charge < -0.3 is 10.6 Å². The Morgan fingerprint density at radius 2 is 1.59 bits per heavy atom. The van der Waals surface area contributed by atoms with Gasteiger partial charge in [0.05, 0.1) is 15.7 Å². The van der Waals surface area contributed by atoms with Crippen LogP contribution in [-0.2, 0) is 11.3 Å². The molecule has 0 radical (unpaired) electrons. The largest absolute Gasteiger partial charge is 0.382 e. The molecule has 1 amide bonds. The summed E-state index contributed by atoms with van der Waals surface area (Å²) in [7, 11) is 0. The monoisotopic (exact) mass is 356 g/mol. The van der Waals surface area contributed by atoms with Crippen molar-refractivity contribution in [1.29, 1.82) is 0 Å². The lowest BCUT2D eigenvalue weighted by Gasteiger charge is -2.10. The zero-order chi connectivity index (χ0) is 15.9. The van der Waals surface area contributed by atoms with Crippen LogP contribution in [0.2, 0.25) is 15.1 Å². The molecule has 22 heavy (non-hydrogen) atoms. The Balaban J connectivity index is 1.75. The number of amides is 1. The maximum absolute atomic E-state index is 11.8. The van der Waals surface area contributed by atoms with Crippen molar-refractivity contribution >= 4 is 46.4 Å². The second-order valence-corrected chi connectivity index (χ2v) is 5.93. The van der Waals surface area contributed by atoms with Crippen LogP contribution in [0.25, 0.3) is 0 Å². The minimum atomic E-state index is -0.0503. The Morgan fingerprint density at radius 3 is 2.23 bits per heavy atom. The molecule has 2 N–H and O–H groups in total. The van der Waals surface area contributed by atoms with Crippen molar-refractivity contribution in [3.8, 4) is 0 Å². The Labute approximate surface area is 144 Å². The molecule has 0 saturated heterocycles. The van der Waals surface area contributed by atoms with Crippen molar-refractivity contribution in [3.05, 3.63) is 63.1 Å². The van der Waals surface area contributed by atoms with Gasteiger partial charge in [-0.2, -0.15) is 0 Å². The van der Waals surface area contributed by atoms with Gasteiger partial charge in [0.2, 0.25) is 5.91 Å². The summed E-state index contributed by atoms with van der Waals surface area (Å²) in [5.41, 5.74) is 1.65. The normalized spacial score (nSPS) is 10.3. The summed E-state index contributed by atoms with van der Waals surface area (Å²) < 4.78 is 0. The minimum Gasteiger partial charge on any atom is -0.382 e. The number of carbonyl (C=O) groups excluding carboxylic acids is 1. The van der Waals surface area contributed by atoms with Gasteiger partial charge in [-0.05, 0) is 29.8 Å². The zero-order valence-corrected chi connectivity index (χ0v) is 14.0. The van der Waals surface area contributed by atoms with Crippen molar-refractivity contribution in [3.63, 3.8) is 0 Å². The van der Waals surface area contributed by atoms with Gasteiger partial charge in [0.1, 0.15) is 0 Å². The van der Waals surface area contributed by atoms with Crippen LogP contribution in [0.1, 0.15) is 12.0 Å². The summed E-state index contributed by atoms with van der Waals surface area (Å²) in [6.07, 6.45) is 0.329. The third-order valence-corrected chi connectivity index (χ3v) is 3.90. The summed E-state index contributed by atoms with van der Waals surface area (Å²) >= 11 is 17.9. The van der Waals surface area contributed by atoms with E-state index in [1.807, 2.05) is 12.1 Å². The molecule has 3 nitrogen and oxygen atoms in total. The van der Waals surface area contributed by atoms with E-state index >= 15 is 0 Å². The van der Waals surface area contributed by atoms with Gasteiger partial charge in [-0.1, -0.05) is 53.0 Å². The molecule has 116 valence electrons. The average Bonchev–Trinajstić information content (AvgIpc) is 2.50. The summed E-state index contributed by atoms with van der Waals surface area (Å²) in [5, 5.41) is 7.67. The van der Waals surface area contributed by atoms with Crippen LogP contribution in [0.3, 0.4) is 0 Å². The van der Waals surface area contributed by atoms with E-state index in [-0.39, 0.29) is 5.91 Å². The summed E-state index contributed by atoms with van der Waals surface area (Å²) in [4.78, 5) is 11.8. The molecular weight excluding hydrogens is 343 g/mol. The maximum Gasteiger partial charge on any atom is 0.222 e. The third-order valence-electron chi connectivity index (χ3n) is 3.02. The van der Waals surface area contributed by atoms with Gasteiger partial charge in [-0.3, -0.25) is 4.79 Å². The summed E-state index contributed by atoms with van der Waals surface area (Å²) in [5.74, 6) is -0.0503. The molecule has 2 aromatic rings. The van der Waals surface area contributed by atoms with Crippen molar-refractivity contribution in [2.24, 2.45) is 0 Å². The molecule has 6 heteroatoms. The van der Waals surface area contributed by atoms with E-state index in [4.69, 9.17) is 34.8 Å². The molecule has 0 heterocycles. The van der Waals surface area contributed by atoms with Crippen molar-refractivity contribution < 1.29 is 4.79 Å². The van der Waals surface area contributed by atoms with Gasteiger partial charge in [-0.15, -0.1) is 0 Å². The first-order valence-electron chi connectivity index (χ1n) is 6.75. The highest BCUT2D eigenvalue weighted by Gasteiger charge is 2.06. The van der Waals surface area contributed by atoms with Gasteiger partial charge >= 0.3 is 0 Å². The van der Waals surface area contributed by atoms with E-state index in [0.717, 1.165) is 5.56 Å². The molecule has 0 aliphatic heterocycles. The zero-order valence-electron chi connectivity index (χ0n) is 11.7. The molecule has 0 aliphatic carbocycles. The van der Waals surface area contributed by atoms with E-state index in [9.17, 15) is 4.79 Å². The first kappa shape index (κ1) is 16.9. The van der Waals surface area contributed by atoms with Crippen LogP contribution >= 0.6 is 34.8 Å². The number of para-hydroxylation sites is 1. The molecule has 0 fully saturated rings. The van der Waals surface area contributed by atoms with E-state index in [2.05, 4.69) is 10.6 Å². The highest BCUT2D eigenvalue weighted by molar-refractivity contribution is 6.39. The fourth-order valence-corrected chi connectivity index (χ4v) is 2.52. The summed E-state index contributed by atoms with van der Waals surface area (Å²) in [6, 6.07) is 12.6. The highest BCUT2D eigenvalue weighted by Crippen LogP contribution is 2.29. The Morgan fingerprint density at radius 1 is 0.955 bits per heavy atom.